The predicted molar refractivity (Wildman–Crippen MR) is 135 cm³/mol. The molecule has 1 aromatic carbocycles. The van der Waals surface area contributed by atoms with Gasteiger partial charge >= 0.3 is 0 Å². The first kappa shape index (κ1) is 26.2. The lowest BCUT2D eigenvalue weighted by molar-refractivity contribution is -0.123. The van der Waals surface area contributed by atoms with Crippen LogP contribution in [0.2, 0.25) is 0 Å². The summed E-state index contributed by atoms with van der Waals surface area (Å²) < 4.78 is 0. The van der Waals surface area contributed by atoms with Crippen molar-refractivity contribution in [3.05, 3.63) is 83.2 Å². The topological polar surface area (TPSA) is 144 Å². The molecule has 2 atom stereocenters. The van der Waals surface area contributed by atoms with Crippen LogP contribution in [0.3, 0.4) is 0 Å². The van der Waals surface area contributed by atoms with Gasteiger partial charge in [0.25, 0.3) is 0 Å². The third-order valence-corrected chi connectivity index (χ3v) is 5.76. The van der Waals surface area contributed by atoms with Crippen molar-refractivity contribution in [3.63, 3.8) is 0 Å². The summed E-state index contributed by atoms with van der Waals surface area (Å²) in [6, 6.07) is 11.0. The average molecular weight is 491 g/mol. The van der Waals surface area contributed by atoms with Gasteiger partial charge in [-0.15, -0.1) is 0 Å². The van der Waals surface area contributed by atoms with Crippen LogP contribution in [-0.4, -0.2) is 43.8 Å². The van der Waals surface area contributed by atoms with Crippen molar-refractivity contribution in [2.24, 2.45) is 5.92 Å². The van der Waals surface area contributed by atoms with Crippen molar-refractivity contribution in [2.45, 2.75) is 39.3 Å². The van der Waals surface area contributed by atoms with E-state index in [-0.39, 0.29) is 35.3 Å². The number of carbonyl (C=O) groups is 3. The van der Waals surface area contributed by atoms with Crippen LogP contribution < -0.4 is 10.6 Å². The van der Waals surface area contributed by atoms with Gasteiger partial charge in [-0.05, 0) is 42.2 Å². The van der Waals surface area contributed by atoms with Crippen LogP contribution in [0, 0.1) is 12.8 Å². The fraction of sp³-hybridized carbons (Fsp3) is 0.259. The SMILES string of the molecule is Cc1c(O)[nH]c(O)c1C(=O)[C@@H](NC(=O)C[C@H](NC(=O)C=Cc1ccncc1)c1ccccc1)C(C)C. The molecular weight excluding hydrogens is 460 g/mol. The molecule has 0 aliphatic carbocycles. The molecule has 36 heavy (non-hydrogen) atoms. The largest absolute Gasteiger partial charge is 0.494 e. The summed E-state index contributed by atoms with van der Waals surface area (Å²) in [6.45, 7) is 5.03. The van der Waals surface area contributed by atoms with Crippen LogP contribution in [-0.2, 0) is 9.59 Å². The molecule has 0 fully saturated rings. The summed E-state index contributed by atoms with van der Waals surface area (Å²) >= 11 is 0. The zero-order chi connectivity index (χ0) is 26.2. The summed E-state index contributed by atoms with van der Waals surface area (Å²) in [5, 5.41) is 25.5. The standard InChI is InChI=1S/C27H30N4O5/c1-16(2)24(25(34)23-17(3)26(35)31-27(23)36)30-22(33)15-20(19-7-5-4-6-8-19)29-21(32)10-9-18-11-13-28-14-12-18/h4-14,16,20,24,31,35-36H,15H2,1-3H3,(H,29,32)(H,30,33)/t20-,24-/m0/s1. The van der Waals surface area contributed by atoms with E-state index in [1.165, 1.54) is 13.0 Å². The van der Waals surface area contributed by atoms with Gasteiger partial charge in [0.2, 0.25) is 17.7 Å². The number of Topliss-reactive ketones (excluding diaryl/α,β-unsaturated/α-hetero) is 1. The number of H-pyrrole nitrogens is 1. The van der Waals surface area contributed by atoms with Gasteiger partial charge in [0.15, 0.2) is 11.7 Å². The highest BCUT2D eigenvalue weighted by Gasteiger charge is 2.31. The third-order valence-electron chi connectivity index (χ3n) is 5.76. The summed E-state index contributed by atoms with van der Waals surface area (Å²) in [4.78, 5) is 45.1. The monoisotopic (exact) mass is 490 g/mol. The first-order valence-corrected chi connectivity index (χ1v) is 11.5. The molecule has 2 heterocycles. The number of aromatic amines is 1. The number of pyridine rings is 1. The number of carbonyl (C=O) groups excluding carboxylic acids is 3. The van der Waals surface area contributed by atoms with Crippen LogP contribution in [0.4, 0.5) is 0 Å². The first-order valence-electron chi connectivity index (χ1n) is 11.5. The van der Waals surface area contributed by atoms with Crippen molar-refractivity contribution in [3.8, 4) is 11.8 Å². The normalized spacial score (nSPS) is 12.9. The molecule has 0 radical (unpaired) electrons. The maximum atomic E-state index is 13.1. The number of aromatic hydroxyl groups is 2. The summed E-state index contributed by atoms with van der Waals surface area (Å²) in [5.74, 6) is -2.42. The fourth-order valence-electron chi connectivity index (χ4n) is 3.78. The minimum absolute atomic E-state index is 0.0688. The van der Waals surface area contributed by atoms with Gasteiger partial charge in [0.1, 0.15) is 0 Å². The molecule has 5 N–H and O–H groups in total. The second kappa shape index (κ2) is 11.8. The van der Waals surface area contributed by atoms with E-state index in [9.17, 15) is 24.6 Å². The maximum Gasteiger partial charge on any atom is 0.244 e. The number of ketones is 1. The Morgan fingerprint density at radius 3 is 2.25 bits per heavy atom. The molecule has 2 aromatic heterocycles. The van der Waals surface area contributed by atoms with Crippen LogP contribution in [0.5, 0.6) is 11.8 Å². The smallest absolute Gasteiger partial charge is 0.244 e. The predicted octanol–water partition coefficient (Wildman–Crippen LogP) is 3.41. The quantitative estimate of drug-likeness (QED) is 0.218. The highest BCUT2D eigenvalue weighted by Crippen LogP contribution is 2.30. The number of amides is 2. The number of nitrogens with one attached hydrogen (secondary N) is 3. The lowest BCUT2D eigenvalue weighted by Crippen LogP contribution is -2.45. The third kappa shape index (κ3) is 6.59. The molecule has 9 heteroatoms. The van der Waals surface area contributed by atoms with Crippen LogP contribution in [0.15, 0.2) is 60.9 Å². The number of benzene rings is 1. The van der Waals surface area contributed by atoms with E-state index in [0.717, 1.165) is 11.1 Å². The van der Waals surface area contributed by atoms with Crippen molar-refractivity contribution in [1.82, 2.24) is 20.6 Å². The van der Waals surface area contributed by atoms with E-state index in [4.69, 9.17) is 0 Å². The minimum Gasteiger partial charge on any atom is -0.494 e. The summed E-state index contributed by atoms with van der Waals surface area (Å²) in [7, 11) is 0. The maximum absolute atomic E-state index is 13.1. The molecule has 0 aliphatic rings. The van der Waals surface area contributed by atoms with E-state index >= 15 is 0 Å². The Morgan fingerprint density at radius 2 is 1.67 bits per heavy atom. The van der Waals surface area contributed by atoms with Crippen molar-refractivity contribution < 1.29 is 24.6 Å². The van der Waals surface area contributed by atoms with Gasteiger partial charge in [-0.25, -0.2) is 0 Å². The minimum atomic E-state index is -0.948. The fourth-order valence-corrected chi connectivity index (χ4v) is 3.78. The van der Waals surface area contributed by atoms with Gasteiger partial charge in [0.05, 0.1) is 24.1 Å². The Kier molecular flexibility index (Phi) is 8.61. The second-order valence-corrected chi connectivity index (χ2v) is 8.77. The molecule has 2 amide bonds. The Labute approximate surface area is 209 Å². The molecule has 188 valence electrons. The van der Waals surface area contributed by atoms with Gasteiger partial charge in [-0.2, -0.15) is 0 Å². The number of hydrogen-bond donors (Lipinski definition) is 5. The van der Waals surface area contributed by atoms with Crippen molar-refractivity contribution in [2.75, 3.05) is 0 Å². The highest BCUT2D eigenvalue weighted by molar-refractivity contribution is 6.05. The van der Waals surface area contributed by atoms with Crippen molar-refractivity contribution in [1.29, 1.82) is 0 Å². The molecule has 3 aromatic rings. The van der Waals surface area contributed by atoms with E-state index in [1.54, 1.807) is 56.6 Å². The summed E-state index contributed by atoms with van der Waals surface area (Å²) in [5.41, 5.74) is 1.67. The number of nitrogens with zero attached hydrogens (tertiary/aromatic N) is 1. The second-order valence-electron chi connectivity index (χ2n) is 8.77. The molecule has 0 unspecified atom stereocenters. The van der Waals surface area contributed by atoms with Crippen molar-refractivity contribution >= 4 is 23.7 Å². The molecule has 0 aliphatic heterocycles. The van der Waals surface area contributed by atoms with Gasteiger partial charge in [0, 0.05) is 24.0 Å². The molecule has 0 saturated carbocycles. The van der Waals surface area contributed by atoms with Gasteiger partial charge < -0.3 is 20.8 Å². The molecule has 0 bridgehead atoms. The number of hydrogen-bond acceptors (Lipinski definition) is 6. The Balaban J connectivity index is 1.75. The molecular formula is C27H30N4O5. The first-order chi connectivity index (χ1) is 17.2. The van der Waals surface area contributed by atoms with Crippen LogP contribution in [0.25, 0.3) is 6.08 Å². The Morgan fingerprint density at radius 1 is 1.00 bits per heavy atom. The average Bonchev–Trinajstić information content (AvgIpc) is 3.12. The molecule has 0 spiro atoms. The molecule has 0 saturated heterocycles. The highest BCUT2D eigenvalue weighted by atomic mass is 16.3. The lowest BCUT2D eigenvalue weighted by Gasteiger charge is -2.24. The number of aromatic nitrogens is 2. The van der Waals surface area contributed by atoms with Crippen LogP contribution in [0.1, 0.15) is 53.4 Å². The van der Waals surface area contributed by atoms with E-state index in [2.05, 4.69) is 20.6 Å². The van der Waals surface area contributed by atoms with E-state index in [1.807, 2.05) is 18.2 Å². The van der Waals surface area contributed by atoms with E-state index < -0.39 is 29.7 Å². The zero-order valence-electron chi connectivity index (χ0n) is 20.4. The molecule has 3 rings (SSSR count). The lowest BCUT2D eigenvalue weighted by atomic mass is 9.93. The van der Waals surface area contributed by atoms with Gasteiger partial charge in [-0.3, -0.25) is 24.4 Å². The summed E-state index contributed by atoms with van der Waals surface area (Å²) in [6.07, 6.45) is 6.16. The Bertz CT molecular complexity index is 1240. The van der Waals surface area contributed by atoms with E-state index in [0.29, 0.717) is 0 Å². The zero-order valence-corrected chi connectivity index (χ0v) is 20.4. The number of rotatable bonds is 10. The van der Waals surface area contributed by atoms with Crippen LogP contribution >= 0.6 is 0 Å². The Hall–Kier alpha value is -4.40. The molecule has 9 nitrogen and oxygen atoms in total. The van der Waals surface area contributed by atoms with Gasteiger partial charge in [-0.1, -0.05) is 44.2 Å².